The summed E-state index contributed by atoms with van der Waals surface area (Å²) >= 11 is 0. The lowest BCUT2D eigenvalue weighted by Gasteiger charge is -2.40. The lowest BCUT2D eigenvalue weighted by atomic mass is 9.75. The smallest absolute Gasteiger partial charge is 0.0398 e. The highest BCUT2D eigenvalue weighted by Gasteiger charge is 2.30. The third-order valence-electron chi connectivity index (χ3n) is 5.97. The Bertz CT molecular complexity index is 706. The summed E-state index contributed by atoms with van der Waals surface area (Å²) in [5, 5.41) is 3.45. The van der Waals surface area contributed by atoms with Crippen LogP contribution in [0.25, 0.3) is 0 Å². The van der Waals surface area contributed by atoms with Crippen LogP contribution in [0.4, 0.5) is 5.69 Å². The molecule has 2 nitrogen and oxygen atoms in total. The Labute approximate surface area is 167 Å². The molecule has 2 aromatic rings. The lowest BCUT2D eigenvalue weighted by molar-refractivity contribution is 0.306. The Morgan fingerprint density at radius 1 is 1.04 bits per heavy atom. The van der Waals surface area contributed by atoms with Gasteiger partial charge < -0.3 is 10.2 Å². The number of rotatable bonds is 9. The van der Waals surface area contributed by atoms with Crippen LogP contribution in [0.3, 0.4) is 0 Å². The van der Waals surface area contributed by atoms with E-state index in [1.54, 1.807) is 0 Å². The van der Waals surface area contributed by atoms with E-state index in [0.29, 0.717) is 12.0 Å². The van der Waals surface area contributed by atoms with E-state index >= 15 is 0 Å². The maximum Gasteiger partial charge on any atom is 0.0398 e. The van der Waals surface area contributed by atoms with E-state index in [1.807, 2.05) is 0 Å². The fraction of sp³-hybridized carbons (Fsp3) is 0.520. The van der Waals surface area contributed by atoms with Gasteiger partial charge in [-0.25, -0.2) is 0 Å². The molecule has 0 aliphatic carbocycles. The van der Waals surface area contributed by atoms with Crippen molar-refractivity contribution in [3.05, 3.63) is 65.2 Å². The number of hydrogen-bond donors (Lipinski definition) is 1. The van der Waals surface area contributed by atoms with E-state index in [2.05, 4.69) is 107 Å². The van der Waals surface area contributed by atoms with Crippen LogP contribution in [0.15, 0.2) is 48.5 Å². The summed E-state index contributed by atoms with van der Waals surface area (Å²) < 4.78 is 0. The molecule has 0 spiro atoms. The molecular formula is C25H38N2. The van der Waals surface area contributed by atoms with E-state index < -0.39 is 0 Å². The zero-order chi connectivity index (χ0) is 20.0. The van der Waals surface area contributed by atoms with Gasteiger partial charge in [-0.15, -0.1) is 0 Å². The molecule has 1 N–H and O–H groups in total. The van der Waals surface area contributed by atoms with Crippen molar-refractivity contribution >= 4 is 5.69 Å². The Hall–Kier alpha value is -1.80. The van der Waals surface area contributed by atoms with Crippen LogP contribution < -0.4 is 10.2 Å². The summed E-state index contributed by atoms with van der Waals surface area (Å²) in [7, 11) is 2.07. The summed E-state index contributed by atoms with van der Waals surface area (Å²) in [5.74, 6) is 0.561. The molecule has 0 aliphatic heterocycles. The summed E-state index contributed by atoms with van der Waals surface area (Å²) in [6.07, 6.45) is 1.15. The van der Waals surface area contributed by atoms with E-state index in [0.717, 1.165) is 19.5 Å². The molecule has 0 heterocycles. The zero-order valence-corrected chi connectivity index (χ0v) is 18.3. The molecule has 2 unspecified atom stereocenters. The monoisotopic (exact) mass is 366 g/mol. The molecule has 0 aromatic heterocycles. The Balaban J connectivity index is 2.28. The van der Waals surface area contributed by atoms with Crippen LogP contribution in [-0.4, -0.2) is 26.2 Å². The van der Waals surface area contributed by atoms with Gasteiger partial charge in [0.25, 0.3) is 0 Å². The number of hydrogen-bond acceptors (Lipinski definition) is 2. The van der Waals surface area contributed by atoms with Crippen molar-refractivity contribution in [2.75, 3.05) is 25.0 Å². The lowest BCUT2D eigenvalue weighted by Crippen LogP contribution is -2.44. The quantitative estimate of drug-likeness (QED) is 0.610. The Morgan fingerprint density at radius 3 is 2.26 bits per heavy atom. The highest BCUT2D eigenvalue weighted by Crippen LogP contribution is 2.34. The SMILES string of the molecule is CCN(c1ccc(C)cc1C)C(C)C(CNC)CC(C)(C)c1ccccc1. The van der Waals surface area contributed by atoms with E-state index in [9.17, 15) is 0 Å². The molecule has 27 heavy (non-hydrogen) atoms. The average molecular weight is 367 g/mol. The second-order valence-corrected chi connectivity index (χ2v) is 8.59. The molecule has 0 bridgehead atoms. The molecule has 148 valence electrons. The van der Waals surface area contributed by atoms with Crippen LogP contribution >= 0.6 is 0 Å². The third kappa shape index (κ3) is 5.35. The number of nitrogens with zero attached hydrogens (tertiary/aromatic N) is 1. The van der Waals surface area contributed by atoms with Gasteiger partial charge in [-0.2, -0.15) is 0 Å². The normalized spacial score (nSPS) is 14.0. The number of benzene rings is 2. The second-order valence-electron chi connectivity index (χ2n) is 8.59. The first-order chi connectivity index (χ1) is 12.8. The first-order valence-electron chi connectivity index (χ1n) is 10.3. The van der Waals surface area contributed by atoms with Crippen LogP contribution in [0.2, 0.25) is 0 Å². The minimum atomic E-state index is 0.152. The van der Waals surface area contributed by atoms with Crippen LogP contribution in [-0.2, 0) is 5.41 Å². The molecule has 2 aromatic carbocycles. The van der Waals surface area contributed by atoms with E-state index in [-0.39, 0.29) is 5.41 Å². The second kappa shape index (κ2) is 9.41. The van der Waals surface area contributed by atoms with Crippen LogP contribution in [0, 0.1) is 19.8 Å². The molecule has 2 heteroatoms. The van der Waals surface area contributed by atoms with Crippen molar-refractivity contribution in [1.82, 2.24) is 5.32 Å². The first kappa shape index (κ1) is 21.5. The highest BCUT2D eigenvalue weighted by atomic mass is 15.2. The molecule has 0 radical (unpaired) electrons. The van der Waals surface area contributed by atoms with Gasteiger partial charge in [0, 0.05) is 18.3 Å². The average Bonchev–Trinajstić information content (AvgIpc) is 2.64. The topological polar surface area (TPSA) is 15.3 Å². The molecule has 2 rings (SSSR count). The van der Waals surface area contributed by atoms with Gasteiger partial charge in [-0.3, -0.25) is 0 Å². The summed E-state index contributed by atoms with van der Waals surface area (Å²) in [6, 6.07) is 18.2. The van der Waals surface area contributed by atoms with Gasteiger partial charge in [-0.05, 0) is 76.2 Å². The summed E-state index contributed by atoms with van der Waals surface area (Å²) in [4.78, 5) is 2.58. The van der Waals surface area contributed by atoms with Crippen molar-refractivity contribution in [1.29, 1.82) is 0 Å². The number of aryl methyl sites for hydroxylation is 2. The standard InChI is InChI=1S/C25H38N2/c1-8-27(24-15-14-19(2)16-20(24)3)21(4)22(18-26-7)17-25(5,6)23-12-10-9-11-13-23/h9-16,21-22,26H,8,17-18H2,1-7H3. The Morgan fingerprint density at radius 2 is 1.70 bits per heavy atom. The maximum absolute atomic E-state index is 3.45. The minimum absolute atomic E-state index is 0.152. The minimum Gasteiger partial charge on any atom is -0.369 e. The van der Waals surface area contributed by atoms with Gasteiger partial charge >= 0.3 is 0 Å². The van der Waals surface area contributed by atoms with Gasteiger partial charge in [0.05, 0.1) is 0 Å². The van der Waals surface area contributed by atoms with Crippen molar-refractivity contribution in [2.45, 2.75) is 59.4 Å². The molecule has 0 saturated carbocycles. The first-order valence-corrected chi connectivity index (χ1v) is 10.3. The molecule has 2 atom stereocenters. The fourth-order valence-electron chi connectivity index (χ4n) is 4.40. The Kier molecular flexibility index (Phi) is 7.49. The predicted molar refractivity (Wildman–Crippen MR) is 120 cm³/mol. The fourth-order valence-corrected chi connectivity index (χ4v) is 4.40. The van der Waals surface area contributed by atoms with Crippen LogP contribution in [0.1, 0.15) is 50.8 Å². The number of nitrogens with one attached hydrogen (secondary N) is 1. The maximum atomic E-state index is 3.45. The highest BCUT2D eigenvalue weighted by molar-refractivity contribution is 5.55. The van der Waals surface area contributed by atoms with Crippen LogP contribution in [0.5, 0.6) is 0 Å². The van der Waals surface area contributed by atoms with E-state index in [1.165, 1.54) is 22.4 Å². The van der Waals surface area contributed by atoms with Gasteiger partial charge in [-0.1, -0.05) is 61.9 Å². The zero-order valence-electron chi connectivity index (χ0n) is 18.3. The van der Waals surface area contributed by atoms with Crippen molar-refractivity contribution < 1.29 is 0 Å². The summed E-state index contributed by atoms with van der Waals surface area (Å²) in [5.41, 5.74) is 5.65. The van der Waals surface area contributed by atoms with Crippen molar-refractivity contribution in [3.63, 3.8) is 0 Å². The molecule has 0 aliphatic rings. The van der Waals surface area contributed by atoms with Crippen molar-refractivity contribution in [2.24, 2.45) is 5.92 Å². The molecule has 0 saturated heterocycles. The predicted octanol–water partition coefficient (Wildman–Crippen LogP) is 5.72. The molecular weight excluding hydrogens is 328 g/mol. The van der Waals surface area contributed by atoms with Crippen molar-refractivity contribution in [3.8, 4) is 0 Å². The number of anilines is 1. The summed E-state index contributed by atoms with van der Waals surface area (Å²) in [6.45, 7) is 15.9. The van der Waals surface area contributed by atoms with Gasteiger partial charge in [0.15, 0.2) is 0 Å². The van der Waals surface area contributed by atoms with E-state index in [4.69, 9.17) is 0 Å². The van der Waals surface area contributed by atoms with Gasteiger partial charge in [0.2, 0.25) is 0 Å². The largest absolute Gasteiger partial charge is 0.369 e. The van der Waals surface area contributed by atoms with Gasteiger partial charge in [0.1, 0.15) is 0 Å². The molecule has 0 fully saturated rings. The molecule has 0 amide bonds. The third-order valence-corrected chi connectivity index (χ3v) is 5.97.